The molecule has 0 aliphatic rings. The smallest absolute Gasteiger partial charge is 0.268 e. The van der Waals surface area contributed by atoms with Crippen molar-refractivity contribution in [3.8, 4) is 11.4 Å². The van der Waals surface area contributed by atoms with Crippen molar-refractivity contribution in [3.05, 3.63) is 51.2 Å². The Morgan fingerprint density at radius 1 is 1.32 bits per heavy atom. The molecule has 0 spiro atoms. The van der Waals surface area contributed by atoms with Gasteiger partial charge in [0.05, 0.1) is 11.1 Å². The summed E-state index contributed by atoms with van der Waals surface area (Å²) in [5.74, 6) is 0.189. The first-order valence-electron chi connectivity index (χ1n) is 5.70. The van der Waals surface area contributed by atoms with E-state index in [0.29, 0.717) is 27.1 Å². The standard InChI is InChI=1S/C13H11N3O2S/c1-7-6-8(2-3-10(7)17)16-12(18)9-4-5-14-11(9)15-13(16)19/h2-6,14,17H,1H3,(H,15,19). The molecule has 0 unspecified atom stereocenters. The molecule has 1 aromatic carbocycles. The fourth-order valence-corrected chi connectivity index (χ4v) is 2.33. The van der Waals surface area contributed by atoms with Gasteiger partial charge in [-0.05, 0) is 49.0 Å². The maximum atomic E-state index is 12.4. The number of phenolic OH excluding ortho intramolecular Hbond substituents is 1. The highest BCUT2D eigenvalue weighted by molar-refractivity contribution is 7.71. The quantitative estimate of drug-likeness (QED) is 0.596. The molecule has 3 aromatic rings. The number of hydrogen-bond acceptors (Lipinski definition) is 3. The van der Waals surface area contributed by atoms with Gasteiger partial charge in [-0.15, -0.1) is 0 Å². The minimum Gasteiger partial charge on any atom is -0.508 e. The van der Waals surface area contributed by atoms with Gasteiger partial charge in [0.2, 0.25) is 0 Å². The van der Waals surface area contributed by atoms with E-state index in [2.05, 4.69) is 9.97 Å². The number of nitrogens with zero attached hydrogens (tertiary/aromatic N) is 1. The Morgan fingerprint density at radius 3 is 2.84 bits per heavy atom. The van der Waals surface area contributed by atoms with Crippen LogP contribution in [0.15, 0.2) is 35.3 Å². The molecule has 0 saturated heterocycles. The van der Waals surface area contributed by atoms with E-state index in [0.717, 1.165) is 0 Å². The van der Waals surface area contributed by atoms with Gasteiger partial charge in [0, 0.05) is 6.20 Å². The van der Waals surface area contributed by atoms with Crippen LogP contribution < -0.4 is 5.56 Å². The molecule has 0 atom stereocenters. The average molecular weight is 273 g/mol. The van der Waals surface area contributed by atoms with Crippen LogP contribution in [0.2, 0.25) is 0 Å². The number of rotatable bonds is 1. The zero-order chi connectivity index (χ0) is 13.6. The minimum atomic E-state index is -0.190. The van der Waals surface area contributed by atoms with E-state index >= 15 is 0 Å². The van der Waals surface area contributed by atoms with Crippen LogP contribution in [0.1, 0.15) is 5.56 Å². The lowest BCUT2D eigenvalue weighted by Crippen LogP contribution is -2.20. The van der Waals surface area contributed by atoms with E-state index in [-0.39, 0.29) is 11.3 Å². The number of H-pyrrole nitrogens is 2. The van der Waals surface area contributed by atoms with Crippen LogP contribution >= 0.6 is 12.2 Å². The molecule has 96 valence electrons. The molecule has 19 heavy (non-hydrogen) atoms. The number of benzene rings is 1. The third-order valence-electron chi connectivity index (χ3n) is 3.05. The Bertz CT molecular complexity index is 889. The fourth-order valence-electron chi connectivity index (χ4n) is 2.04. The van der Waals surface area contributed by atoms with Gasteiger partial charge in [0.25, 0.3) is 5.56 Å². The molecule has 0 fully saturated rings. The summed E-state index contributed by atoms with van der Waals surface area (Å²) in [5, 5.41) is 10.1. The van der Waals surface area contributed by atoms with E-state index in [1.165, 1.54) is 4.57 Å². The van der Waals surface area contributed by atoms with Crippen LogP contribution in [0, 0.1) is 11.7 Å². The molecule has 0 amide bonds. The number of phenols is 1. The van der Waals surface area contributed by atoms with Gasteiger partial charge < -0.3 is 15.1 Å². The molecule has 0 aliphatic heterocycles. The van der Waals surface area contributed by atoms with Gasteiger partial charge in [-0.25, -0.2) is 0 Å². The lowest BCUT2D eigenvalue weighted by Gasteiger charge is -2.08. The van der Waals surface area contributed by atoms with E-state index in [9.17, 15) is 9.90 Å². The Kier molecular flexibility index (Phi) is 2.53. The zero-order valence-corrected chi connectivity index (χ0v) is 10.9. The van der Waals surface area contributed by atoms with E-state index < -0.39 is 0 Å². The second kappa shape index (κ2) is 4.10. The fraction of sp³-hybridized carbons (Fsp3) is 0.0769. The van der Waals surface area contributed by atoms with Gasteiger partial charge in [-0.2, -0.15) is 0 Å². The second-order valence-corrected chi connectivity index (χ2v) is 4.69. The molecule has 2 aromatic heterocycles. The van der Waals surface area contributed by atoms with E-state index in [1.807, 2.05) is 0 Å². The number of nitrogens with one attached hydrogen (secondary N) is 2. The third kappa shape index (κ3) is 1.77. The predicted molar refractivity (Wildman–Crippen MR) is 75.5 cm³/mol. The van der Waals surface area contributed by atoms with Gasteiger partial charge in [0.1, 0.15) is 11.4 Å². The minimum absolute atomic E-state index is 0.189. The van der Waals surface area contributed by atoms with Crippen LogP contribution in [-0.4, -0.2) is 19.6 Å². The van der Waals surface area contributed by atoms with Crippen molar-refractivity contribution in [1.29, 1.82) is 0 Å². The molecule has 5 nitrogen and oxygen atoms in total. The summed E-state index contributed by atoms with van der Waals surface area (Å²) in [6.07, 6.45) is 1.68. The summed E-state index contributed by atoms with van der Waals surface area (Å²) < 4.78 is 1.72. The molecule has 3 rings (SSSR count). The highest BCUT2D eigenvalue weighted by Crippen LogP contribution is 2.19. The van der Waals surface area contributed by atoms with Gasteiger partial charge in [-0.1, -0.05) is 0 Å². The summed E-state index contributed by atoms with van der Waals surface area (Å²) in [7, 11) is 0. The van der Waals surface area contributed by atoms with Crippen molar-refractivity contribution in [2.45, 2.75) is 6.92 Å². The third-order valence-corrected chi connectivity index (χ3v) is 3.34. The van der Waals surface area contributed by atoms with Gasteiger partial charge in [-0.3, -0.25) is 9.36 Å². The van der Waals surface area contributed by atoms with Gasteiger partial charge >= 0.3 is 0 Å². The summed E-state index contributed by atoms with van der Waals surface area (Å²) >= 11 is 5.22. The monoisotopic (exact) mass is 273 g/mol. The first-order chi connectivity index (χ1) is 9.08. The van der Waals surface area contributed by atoms with Crippen LogP contribution in [0.3, 0.4) is 0 Å². The Balaban J connectivity index is 2.38. The first kappa shape index (κ1) is 11.7. The number of aromatic amines is 2. The van der Waals surface area contributed by atoms with Crippen LogP contribution in [0.5, 0.6) is 5.75 Å². The first-order valence-corrected chi connectivity index (χ1v) is 6.11. The molecule has 2 heterocycles. The van der Waals surface area contributed by atoms with E-state index in [4.69, 9.17) is 12.2 Å². The molecule has 0 aliphatic carbocycles. The zero-order valence-electron chi connectivity index (χ0n) is 10.1. The van der Waals surface area contributed by atoms with Crippen molar-refractivity contribution in [2.24, 2.45) is 0 Å². The number of hydrogen-bond donors (Lipinski definition) is 3. The summed E-state index contributed by atoms with van der Waals surface area (Å²) in [6.45, 7) is 1.77. The number of fused-ring (bicyclic) bond motifs is 1. The van der Waals surface area contributed by atoms with Crippen LogP contribution in [0.25, 0.3) is 16.7 Å². The molecule has 3 N–H and O–H groups in total. The lowest BCUT2D eigenvalue weighted by atomic mass is 10.2. The highest BCUT2D eigenvalue weighted by atomic mass is 32.1. The lowest BCUT2D eigenvalue weighted by molar-refractivity contribution is 0.471. The molecular formula is C13H11N3O2S. The maximum Gasteiger partial charge on any atom is 0.268 e. The van der Waals surface area contributed by atoms with Gasteiger partial charge in [0.15, 0.2) is 4.77 Å². The normalized spacial score (nSPS) is 11.0. The SMILES string of the molecule is Cc1cc(-n2c(=S)[nH]c3[nH]ccc3c2=O)ccc1O. The van der Waals surface area contributed by atoms with E-state index in [1.54, 1.807) is 37.4 Å². The van der Waals surface area contributed by atoms with Crippen molar-refractivity contribution in [3.63, 3.8) is 0 Å². The summed E-state index contributed by atoms with van der Waals surface area (Å²) in [4.78, 5) is 18.3. The maximum absolute atomic E-state index is 12.4. The van der Waals surface area contributed by atoms with Crippen LogP contribution in [-0.2, 0) is 0 Å². The Labute approximate surface area is 113 Å². The number of aromatic nitrogens is 3. The predicted octanol–water partition coefficient (Wildman–Crippen LogP) is 2.39. The summed E-state index contributed by atoms with van der Waals surface area (Å²) in [5.41, 5.74) is 1.74. The Morgan fingerprint density at radius 2 is 2.11 bits per heavy atom. The topological polar surface area (TPSA) is 73.8 Å². The highest BCUT2D eigenvalue weighted by Gasteiger charge is 2.09. The van der Waals surface area contributed by atoms with Crippen molar-refractivity contribution < 1.29 is 5.11 Å². The molecular weight excluding hydrogens is 262 g/mol. The molecule has 0 radical (unpaired) electrons. The van der Waals surface area contributed by atoms with Crippen LogP contribution in [0.4, 0.5) is 0 Å². The van der Waals surface area contributed by atoms with Crippen molar-refractivity contribution >= 4 is 23.3 Å². The van der Waals surface area contributed by atoms with Crippen molar-refractivity contribution in [1.82, 2.24) is 14.5 Å². The number of aromatic hydroxyl groups is 1. The second-order valence-electron chi connectivity index (χ2n) is 4.31. The molecule has 0 saturated carbocycles. The molecule has 0 bridgehead atoms. The van der Waals surface area contributed by atoms with Crippen molar-refractivity contribution in [2.75, 3.05) is 0 Å². The largest absolute Gasteiger partial charge is 0.508 e. The Hall–Kier alpha value is -2.34. The molecule has 6 heteroatoms. The number of aryl methyl sites for hydroxylation is 1. The average Bonchev–Trinajstić information content (AvgIpc) is 2.82. The summed E-state index contributed by atoms with van der Waals surface area (Å²) in [6, 6.07) is 6.63.